The number of morpholine rings is 1. The van der Waals surface area contributed by atoms with Crippen LogP contribution in [0.15, 0.2) is 35.1 Å². The lowest BCUT2D eigenvalue weighted by Crippen LogP contribution is -2.41. The molecule has 7 nitrogen and oxygen atoms in total. The fourth-order valence-electron chi connectivity index (χ4n) is 4.30. The van der Waals surface area contributed by atoms with Crippen LogP contribution in [0.1, 0.15) is 50.1 Å². The second-order valence-electron chi connectivity index (χ2n) is 8.28. The Morgan fingerprint density at radius 3 is 2.73 bits per heavy atom. The van der Waals surface area contributed by atoms with Crippen molar-refractivity contribution in [2.24, 2.45) is 0 Å². The van der Waals surface area contributed by atoms with E-state index in [1.807, 2.05) is 10.7 Å². The molecule has 0 saturated carbocycles. The summed E-state index contributed by atoms with van der Waals surface area (Å²) in [5.41, 5.74) is 6.26. The summed E-state index contributed by atoms with van der Waals surface area (Å²) in [6, 6.07) is 6.35. The highest BCUT2D eigenvalue weighted by Gasteiger charge is 2.22. The highest BCUT2D eigenvalue weighted by Crippen LogP contribution is 2.34. The number of pyridine rings is 1. The fraction of sp³-hybridized carbons (Fsp3) is 0.480. The van der Waals surface area contributed by atoms with Gasteiger partial charge in [-0.3, -0.25) is 4.98 Å². The van der Waals surface area contributed by atoms with Crippen LogP contribution in [0.3, 0.4) is 0 Å². The molecule has 0 aromatic carbocycles. The number of carbonyl (C=O) groups is 1. The standard InChI is InChI=1S/C25H31BrN4O3/c1-3-5-6-7-21-22(17-33-25(31)29-10-12-32-13-11-29)28-30-20(4-2)8-9-23(30)24(21)18-14-19(26)16-27-15-18/h8-9,14-16H,3-7,10-13,17H2,1-2H3. The summed E-state index contributed by atoms with van der Waals surface area (Å²) in [5.74, 6) is 0. The van der Waals surface area contributed by atoms with Gasteiger partial charge in [0.05, 0.1) is 18.7 Å². The second-order valence-corrected chi connectivity index (χ2v) is 9.19. The van der Waals surface area contributed by atoms with Crippen molar-refractivity contribution in [2.75, 3.05) is 26.3 Å². The zero-order valence-electron chi connectivity index (χ0n) is 19.3. The number of ether oxygens (including phenoxy) is 2. The van der Waals surface area contributed by atoms with Crippen molar-refractivity contribution in [3.63, 3.8) is 0 Å². The minimum absolute atomic E-state index is 0.142. The number of fused-ring (bicyclic) bond motifs is 1. The summed E-state index contributed by atoms with van der Waals surface area (Å²) in [4.78, 5) is 18.8. The molecule has 0 bridgehead atoms. The van der Waals surface area contributed by atoms with Crippen molar-refractivity contribution in [2.45, 2.75) is 52.6 Å². The average molecular weight is 515 g/mol. The lowest BCUT2D eigenvalue weighted by molar-refractivity contribution is 0.0245. The molecule has 0 N–H and O–H groups in total. The van der Waals surface area contributed by atoms with E-state index in [0.29, 0.717) is 26.3 Å². The molecule has 0 aliphatic carbocycles. The van der Waals surface area contributed by atoms with Gasteiger partial charge in [0.15, 0.2) is 0 Å². The Morgan fingerprint density at radius 2 is 2.00 bits per heavy atom. The SMILES string of the molecule is CCCCCc1c(COC(=O)N2CCOCC2)nn2c(CC)ccc2c1-c1cncc(Br)c1. The molecule has 4 heterocycles. The number of carbonyl (C=O) groups excluding carboxylic acids is 1. The van der Waals surface area contributed by atoms with Gasteiger partial charge in [-0.2, -0.15) is 5.10 Å². The lowest BCUT2D eigenvalue weighted by atomic mass is 9.95. The maximum Gasteiger partial charge on any atom is 0.410 e. The van der Waals surface area contributed by atoms with Gasteiger partial charge in [-0.25, -0.2) is 9.31 Å². The van der Waals surface area contributed by atoms with Gasteiger partial charge in [0.25, 0.3) is 0 Å². The molecular weight excluding hydrogens is 484 g/mol. The Bertz CT molecular complexity index is 1110. The first-order chi connectivity index (χ1) is 16.1. The Morgan fingerprint density at radius 1 is 1.18 bits per heavy atom. The molecule has 176 valence electrons. The van der Waals surface area contributed by atoms with Gasteiger partial charge in [-0.05, 0) is 59.0 Å². The first kappa shape index (κ1) is 23.7. The van der Waals surface area contributed by atoms with Crippen LogP contribution in [-0.2, 0) is 28.9 Å². The van der Waals surface area contributed by atoms with Crippen molar-refractivity contribution < 1.29 is 14.3 Å². The van der Waals surface area contributed by atoms with Crippen LogP contribution in [0, 0.1) is 0 Å². The van der Waals surface area contributed by atoms with Crippen molar-refractivity contribution >= 4 is 27.5 Å². The molecule has 3 aromatic rings. The van der Waals surface area contributed by atoms with Gasteiger partial charge in [-0.1, -0.05) is 26.7 Å². The molecule has 0 radical (unpaired) electrons. The number of halogens is 1. The fourth-order valence-corrected chi connectivity index (χ4v) is 4.67. The van der Waals surface area contributed by atoms with Crippen molar-refractivity contribution in [3.8, 4) is 11.1 Å². The molecule has 1 amide bonds. The van der Waals surface area contributed by atoms with Crippen LogP contribution >= 0.6 is 15.9 Å². The third-order valence-corrected chi connectivity index (χ3v) is 6.48. The summed E-state index contributed by atoms with van der Waals surface area (Å²) in [5, 5.41) is 4.97. The van der Waals surface area contributed by atoms with Crippen molar-refractivity contribution in [3.05, 3.63) is 52.0 Å². The Labute approximate surface area is 203 Å². The number of aromatic nitrogens is 3. The van der Waals surface area contributed by atoms with Crippen molar-refractivity contribution in [1.82, 2.24) is 19.5 Å². The number of hydrogen-bond donors (Lipinski definition) is 0. The Balaban J connectivity index is 1.77. The van der Waals surface area contributed by atoms with Gasteiger partial charge < -0.3 is 14.4 Å². The molecule has 0 atom stereocenters. The first-order valence-electron chi connectivity index (χ1n) is 11.7. The largest absolute Gasteiger partial charge is 0.443 e. The highest BCUT2D eigenvalue weighted by atomic mass is 79.9. The second kappa shape index (κ2) is 11.1. The molecule has 8 heteroatoms. The van der Waals surface area contributed by atoms with Gasteiger partial charge in [-0.15, -0.1) is 0 Å². The summed E-state index contributed by atoms with van der Waals surface area (Å²) in [7, 11) is 0. The van der Waals surface area contributed by atoms with Crippen LogP contribution < -0.4 is 0 Å². The maximum atomic E-state index is 12.7. The zero-order valence-corrected chi connectivity index (χ0v) is 20.9. The number of nitrogens with zero attached hydrogens (tertiary/aromatic N) is 4. The molecule has 4 rings (SSSR count). The van der Waals surface area contributed by atoms with Crippen LogP contribution in [0.4, 0.5) is 4.79 Å². The molecule has 3 aromatic heterocycles. The quantitative estimate of drug-likeness (QED) is 0.375. The van der Waals surface area contributed by atoms with E-state index in [1.165, 1.54) is 0 Å². The van der Waals surface area contributed by atoms with Gasteiger partial charge in [0, 0.05) is 46.8 Å². The lowest BCUT2D eigenvalue weighted by Gasteiger charge is -2.26. The Kier molecular flexibility index (Phi) is 7.98. The topological polar surface area (TPSA) is 69.0 Å². The van der Waals surface area contributed by atoms with Crippen LogP contribution in [0.5, 0.6) is 0 Å². The third kappa shape index (κ3) is 5.38. The Hall–Kier alpha value is -2.45. The third-order valence-electron chi connectivity index (χ3n) is 6.05. The predicted molar refractivity (Wildman–Crippen MR) is 131 cm³/mol. The number of aryl methyl sites for hydroxylation is 1. The van der Waals surface area contributed by atoms with E-state index in [2.05, 4.69) is 53.0 Å². The normalized spacial score (nSPS) is 14.1. The monoisotopic (exact) mass is 514 g/mol. The van der Waals surface area contributed by atoms with Crippen molar-refractivity contribution in [1.29, 1.82) is 0 Å². The van der Waals surface area contributed by atoms with Gasteiger partial charge in [0.2, 0.25) is 0 Å². The summed E-state index contributed by atoms with van der Waals surface area (Å²) >= 11 is 3.57. The van der Waals surface area contributed by atoms with E-state index in [4.69, 9.17) is 14.6 Å². The maximum absolute atomic E-state index is 12.7. The predicted octanol–water partition coefficient (Wildman–Crippen LogP) is 5.42. The summed E-state index contributed by atoms with van der Waals surface area (Å²) < 4.78 is 14.0. The van der Waals surface area contributed by atoms with Crippen LogP contribution in [-0.4, -0.2) is 51.9 Å². The molecule has 1 aliphatic heterocycles. The molecule has 1 aliphatic rings. The molecule has 0 unspecified atom stereocenters. The van der Waals surface area contributed by atoms with Gasteiger partial charge >= 0.3 is 6.09 Å². The summed E-state index contributed by atoms with van der Waals surface area (Å²) in [6.07, 6.45) is 8.43. The molecular formula is C25H31BrN4O3. The smallest absolute Gasteiger partial charge is 0.410 e. The number of amides is 1. The van der Waals surface area contributed by atoms with Crippen LogP contribution in [0.25, 0.3) is 16.6 Å². The number of unbranched alkanes of at least 4 members (excludes halogenated alkanes) is 2. The highest BCUT2D eigenvalue weighted by molar-refractivity contribution is 9.10. The number of rotatable bonds is 8. The molecule has 1 saturated heterocycles. The molecule has 1 fully saturated rings. The van der Waals surface area contributed by atoms with E-state index in [9.17, 15) is 4.79 Å². The van der Waals surface area contributed by atoms with E-state index in [-0.39, 0.29) is 12.7 Å². The molecule has 0 spiro atoms. The van der Waals surface area contributed by atoms with E-state index >= 15 is 0 Å². The minimum atomic E-state index is -0.311. The average Bonchev–Trinajstić information content (AvgIpc) is 3.25. The van der Waals surface area contributed by atoms with Crippen LogP contribution in [0.2, 0.25) is 0 Å². The minimum Gasteiger partial charge on any atom is -0.443 e. The van der Waals surface area contributed by atoms with E-state index < -0.39 is 0 Å². The number of hydrogen-bond acceptors (Lipinski definition) is 5. The molecule has 33 heavy (non-hydrogen) atoms. The zero-order chi connectivity index (χ0) is 23.2. The van der Waals surface area contributed by atoms with E-state index in [1.54, 1.807) is 11.1 Å². The summed E-state index contributed by atoms with van der Waals surface area (Å²) in [6.45, 7) is 6.67. The first-order valence-corrected chi connectivity index (χ1v) is 12.5. The van der Waals surface area contributed by atoms with Gasteiger partial charge in [0.1, 0.15) is 12.3 Å². The van der Waals surface area contributed by atoms with E-state index in [0.717, 1.165) is 70.2 Å².